The second-order valence-corrected chi connectivity index (χ2v) is 6.96. The number of nitrogens with zero attached hydrogens (tertiary/aromatic N) is 3. The summed E-state index contributed by atoms with van der Waals surface area (Å²) in [4.78, 5) is 30.8. The Kier molecular flexibility index (Phi) is 3.16. The molecule has 1 saturated heterocycles. The lowest BCUT2D eigenvalue weighted by atomic mass is 9.98. The molecule has 3 heterocycles. The molecule has 2 aromatic rings. The number of carboxylic acids is 1. The molecule has 0 spiro atoms. The fraction of sp³-hybridized carbons (Fsp3) is 0.529. The summed E-state index contributed by atoms with van der Waals surface area (Å²) in [5, 5.41) is 14.1. The fourth-order valence-electron chi connectivity index (χ4n) is 3.53. The first kappa shape index (κ1) is 15.1. The van der Waals surface area contributed by atoms with E-state index in [4.69, 9.17) is 4.52 Å². The minimum Gasteiger partial charge on any atom is -0.480 e. The predicted octanol–water partition coefficient (Wildman–Crippen LogP) is 2.49. The lowest BCUT2D eigenvalue weighted by Crippen LogP contribution is -2.50. The van der Waals surface area contributed by atoms with E-state index in [9.17, 15) is 14.7 Å². The molecule has 0 aromatic carbocycles. The zero-order valence-corrected chi connectivity index (χ0v) is 13.7. The van der Waals surface area contributed by atoms with Crippen LogP contribution in [0.25, 0.3) is 11.1 Å². The molecule has 1 amide bonds. The third-order valence-electron chi connectivity index (χ3n) is 5.21. The fourth-order valence-corrected chi connectivity index (χ4v) is 3.53. The van der Waals surface area contributed by atoms with Crippen LogP contribution in [0.2, 0.25) is 0 Å². The van der Waals surface area contributed by atoms with Gasteiger partial charge in [0.2, 0.25) is 0 Å². The number of amides is 1. The summed E-state index contributed by atoms with van der Waals surface area (Å²) in [5.41, 5.74) is 1.07. The van der Waals surface area contributed by atoms with E-state index >= 15 is 0 Å². The van der Waals surface area contributed by atoms with E-state index < -0.39 is 11.5 Å². The standard InChI is InChI=1S/C17H19N3O4/c1-9-13-11(8-12(10-4-5-10)18-14(13)24-19-9)15(21)20-7-3-6-17(20,2)16(22)23/h8,10H,3-7H2,1-2H3,(H,22,23). The van der Waals surface area contributed by atoms with Crippen LogP contribution in [0, 0.1) is 6.92 Å². The van der Waals surface area contributed by atoms with Crippen molar-refractivity contribution in [3.05, 3.63) is 23.0 Å². The van der Waals surface area contributed by atoms with Crippen molar-refractivity contribution < 1.29 is 19.2 Å². The summed E-state index contributed by atoms with van der Waals surface area (Å²) in [6, 6.07) is 1.80. The van der Waals surface area contributed by atoms with Gasteiger partial charge in [-0.2, -0.15) is 0 Å². The minimum atomic E-state index is -1.17. The molecule has 0 radical (unpaired) electrons. The number of aliphatic carboxylic acids is 1. The van der Waals surface area contributed by atoms with Gasteiger partial charge in [0.1, 0.15) is 5.54 Å². The molecule has 126 valence electrons. The van der Waals surface area contributed by atoms with Crippen molar-refractivity contribution in [2.45, 2.75) is 51.0 Å². The lowest BCUT2D eigenvalue weighted by Gasteiger charge is -2.31. The second-order valence-electron chi connectivity index (χ2n) is 6.96. The van der Waals surface area contributed by atoms with Crippen molar-refractivity contribution in [1.29, 1.82) is 0 Å². The van der Waals surface area contributed by atoms with Gasteiger partial charge in [-0.3, -0.25) is 4.79 Å². The van der Waals surface area contributed by atoms with Crippen molar-refractivity contribution >= 4 is 23.0 Å². The van der Waals surface area contributed by atoms with Gasteiger partial charge in [-0.1, -0.05) is 5.16 Å². The van der Waals surface area contributed by atoms with Gasteiger partial charge in [0.15, 0.2) is 0 Å². The number of fused-ring (bicyclic) bond motifs is 1. The molecule has 1 aliphatic heterocycles. The number of pyridine rings is 1. The molecule has 1 aliphatic carbocycles. The third kappa shape index (κ3) is 2.11. The van der Waals surface area contributed by atoms with Crippen LogP contribution in [0.5, 0.6) is 0 Å². The predicted molar refractivity (Wildman–Crippen MR) is 84.8 cm³/mol. The zero-order valence-electron chi connectivity index (χ0n) is 13.7. The van der Waals surface area contributed by atoms with Crippen molar-refractivity contribution in [2.75, 3.05) is 6.54 Å². The van der Waals surface area contributed by atoms with E-state index in [0.29, 0.717) is 47.7 Å². The van der Waals surface area contributed by atoms with Gasteiger partial charge in [-0.05, 0) is 45.6 Å². The van der Waals surface area contributed by atoms with Crippen LogP contribution in [0.4, 0.5) is 0 Å². The molecule has 2 aromatic heterocycles. The first-order chi connectivity index (χ1) is 11.4. The third-order valence-corrected chi connectivity index (χ3v) is 5.21. The average molecular weight is 329 g/mol. The Labute approximate surface area is 138 Å². The minimum absolute atomic E-state index is 0.280. The van der Waals surface area contributed by atoms with Gasteiger partial charge in [0.05, 0.1) is 16.6 Å². The van der Waals surface area contributed by atoms with E-state index in [1.165, 1.54) is 4.90 Å². The number of aromatic nitrogens is 2. The van der Waals surface area contributed by atoms with Gasteiger partial charge in [0, 0.05) is 18.2 Å². The molecule has 1 N–H and O–H groups in total. The number of aryl methyl sites for hydroxylation is 1. The van der Waals surface area contributed by atoms with Gasteiger partial charge < -0.3 is 14.5 Å². The van der Waals surface area contributed by atoms with Crippen molar-refractivity contribution in [3.8, 4) is 0 Å². The van der Waals surface area contributed by atoms with Gasteiger partial charge in [-0.15, -0.1) is 0 Å². The Hall–Kier alpha value is -2.44. The van der Waals surface area contributed by atoms with Crippen molar-refractivity contribution in [2.24, 2.45) is 0 Å². The van der Waals surface area contributed by atoms with Crippen LogP contribution in [0.3, 0.4) is 0 Å². The monoisotopic (exact) mass is 329 g/mol. The molecule has 1 saturated carbocycles. The highest BCUT2D eigenvalue weighted by molar-refractivity contribution is 6.07. The maximum atomic E-state index is 13.2. The highest BCUT2D eigenvalue weighted by atomic mass is 16.5. The van der Waals surface area contributed by atoms with Gasteiger partial charge in [0.25, 0.3) is 11.6 Å². The zero-order chi connectivity index (χ0) is 17.1. The smallest absolute Gasteiger partial charge is 0.329 e. The first-order valence-corrected chi connectivity index (χ1v) is 8.24. The summed E-state index contributed by atoms with van der Waals surface area (Å²) >= 11 is 0. The molecule has 4 rings (SSSR count). The number of rotatable bonds is 3. The van der Waals surface area contributed by atoms with Crippen LogP contribution >= 0.6 is 0 Å². The second kappa shape index (κ2) is 5.03. The Morgan fingerprint density at radius 2 is 2.17 bits per heavy atom. The summed E-state index contributed by atoms with van der Waals surface area (Å²) in [7, 11) is 0. The molecule has 7 nitrogen and oxygen atoms in total. The number of carbonyl (C=O) groups is 2. The van der Waals surface area contributed by atoms with Gasteiger partial charge >= 0.3 is 5.97 Å². The Balaban J connectivity index is 1.84. The molecule has 0 bridgehead atoms. The molecular weight excluding hydrogens is 310 g/mol. The highest BCUT2D eigenvalue weighted by Crippen LogP contribution is 2.41. The molecule has 7 heteroatoms. The number of likely N-dealkylation sites (tertiary alicyclic amines) is 1. The van der Waals surface area contributed by atoms with E-state index in [0.717, 1.165) is 18.5 Å². The first-order valence-electron chi connectivity index (χ1n) is 8.24. The van der Waals surface area contributed by atoms with Crippen LogP contribution in [0.1, 0.15) is 60.3 Å². The SMILES string of the molecule is Cc1noc2nc(C3CC3)cc(C(=O)N3CCCC3(C)C(=O)O)c12. The average Bonchev–Trinajstić information content (AvgIpc) is 3.24. The normalized spacial score (nSPS) is 23.8. The van der Waals surface area contributed by atoms with E-state index in [2.05, 4.69) is 10.1 Å². The van der Waals surface area contributed by atoms with E-state index in [1.807, 2.05) is 0 Å². The molecule has 2 fully saturated rings. The van der Waals surface area contributed by atoms with Crippen LogP contribution in [-0.2, 0) is 4.79 Å². The Bertz CT molecular complexity index is 855. The van der Waals surface area contributed by atoms with Crippen LogP contribution < -0.4 is 0 Å². The number of hydrogen-bond acceptors (Lipinski definition) is 5. The number of hydrogen-bond donors (Lipinski definition) is 1. The van der Waals surface area contributed by atoms with Crippen LogP contribution in [-0.4, -0.2) is 44.1 Å². The maximum absolute atomic E-state index is 13.2. The summed E-state index contributed by atoms with van der Waals surface area (Å²) in [6.07, 6.45) is 3.24. The van der Waals surface area contributed by atoms with Crippen molar-refractivity contribution in [1.82, 2.24) is 15.0 Å². The summed E-state index contributed by atoms with van der Waals surface area (Å²) in [5.74, 6) is -0.892. The Morgan fingerprint density at radius 3 is 2.83 bits per heavy atom. The molecular formula is C17H19N3O4. The molecule has 1 unspecified atom stereocenters. The maximum Gasteiger partial charge on any atom is 0.329 e. The molecule has 24 heavy (non-hydrogen) atoms. The Morgan fingerprint density at radius 1 is 1.42 bits per heavy atom. The number of carbonyl (C=O) groups excluding carboxylic acids is 1. The molecule has 1 atom stereocenters. The quantitative estimate of drug-likeness (QED) is 0.929. The highest BCUT2D eigenvalue weighted by Gasteiger charge is 2.46. The summed E-state index contributed by atoms with van der Waals surface area (Å²) < 4.78 is 5.27. The van der Waals surface area contributed by atoms with E-state index in [1.54, 1.807) is 19.9 Å². The largest absolute Gasteiger partial charge is 0.480 e. The lowest BCUT2D eigenvalue weighted by molar-refractivity contribution is -0.147. The number of carboxylic acid groups (broad SMARTS) is 1. The van der Waals surface area contributed by atoms with Crippen LogP contribution in [0.15, 0.2) is 10.6 Å². The summed E-state index contributed by atoms with van der Waals surface area (Å²) in [6.45, 7) is 3.82. The van der Waals surface area contributed by atoms with Crippen molar-refractivity contribution in [3.63, 3.8) is 0 Å². The molecule has 2 aliphatic rings. The van der Waals surface area contributed by atoms with Gasteiger partial charge in [-0.25, -0.2) is 9.78 Å². The van der Waals surface area contributed by atoms with E-state index in [-0.39, 0.29) is 5.91 Å². The topological polar surface area (TPSA) is 96.5 Å².